The van der Waals surface area contributed by atoms with Crippen molar-refractivity contribution in [3.8, 4) is 17.6 Å². The normalized spacial score (nSPS) is 17.3. The molecule has 0 aliphatic carbocycles. The summed E-state index contributed by atoms with van der Waals surface area (Å²) in [7, 11) is 0. The smallest absolute Gasteiger partial charge is 0.161 e. The van der Waals surface area contributed by atoms with E-state index in [1.165, 1.54) is 0 Å². The molecule has 4 nitrogen and oxygen atoms in total. The molecule has 0 amide bonds. The van der Waals surface area contributed by atoms with Crippen LogP contribution in [0.4, 0.5) is 0 Å². The molecule has 1 fully saturated rings. The molecule has 20 heavy (non-hydrogen) atoms. The van der Waals surface area contributed by atoms with E-state index in [-0.39, 0.29) is 5.75 Å². The molecular formula is C16H18N2O2. The maximum Gasteiger partial charge on any atom is 0.161 e. The van der Waals surface area contributed by atoms with Gasteiger partial charge in [-0.2, -0.15) is 5.26 Å². The molecule has 0 radical (unpaired) electrons. The van der Waals surface area contributed by atoms with E-state index in [4.69, 9.17) is 4.74 Å². The first-order chi connectivity index (χ1) is 9.74. The van der Waals surface area contributed by atoms with E-state index in [9.17, 15) is 10.4 Å². The summed E-state index contributed by atoms with van der Waals surface area (Å²) in [5, 5.41) is 19.6. The first kappa shape index (κ1) is 12.9. The third-order valence-electron chi connectivity index (χ3n) is 4.03. The van der Waals surface area contributed by atoms with Crippen LogP contribution in [0.1, 0.15) is 30.9 Å². The van der Waals surface area contributed by atoms with Crippen molar-refractivity contribution >= 4 is 5.57 Å². The largest absolute Gasteiger partial charge is 0.504 e. The Morgan fingerprint density at radius 3 is 2.95 bits per heavy atom. The number of ether oxygens (including phenoxy) is 1. The zero-order valence-corrected chi connectivity index (χ0v) is 11.6. The second kappa shape index (κ2) is 5.09. The molecule has 0 saturated carbocycles. The van der Waals surface area contributed by atoms with Gasteiger partial charge < -0.3 is 14.7 Å². The van der Waals surface area contributed by atoms with Crippen LogP contribution < -0.4 is 4.74 Å². The summed E-state index contributed by atoms with van der Waals surface area (Å²) in [5.74, 6) is 0.626. The molecular weight excluding hydrogens is 252 g/mol. The maximum atomic E-state index is 10.0. The van der Waals surface area contributed by atoms with Gasteiger partial charge in [-0.3, -0.25) is 0 Å². The quantitative estimate of drug-likeness (QED) is 0.897. The Kier molecular flexibility index (Phi) is 3.27. The Bertz CT molecular complexity index is 614. The Morgan fingerprint density at radius 2 is 2.20 bits per heavy atom. The molecule has 3 rings (SSSR count). The minimum atomic E-state index is 0.162. The van der Waals surface area contributed by atoms with Crippen LogP contribution in [0.25, 0.3) is 5.57 Å². The summed E-state index contributed by atoms with van der Waals surface area (Å²) in [4.78, 5) is 2.30. The van der Waals surface area contributed by atoms with Crippen molar-refractivity contribution < 1.29 is 9.84 Å². The first-order valence-corrected chi connectivity index (χ1v) is 7.11. The summed E-state index contributed by atoms with van der Waals surface area (Å²) < 4.78 is 5.45. The van der Waals surface area contributed by atoms with Crippen molar-refractivity contribution in [2.24, 2.45) is 0 Å². The molecule has 2 aliphatic heterocycles. The van der Waals surface area contributed by atoms with E-state index >= 15 is 0 Å². The fourth-order valence-electron chi connectivity index (χ4n) is 3.12. The highest BCUT2D eigenvalue weighted by molar-refractivity contribution is 5.83. The van der Waals surface area contributed by atoms with Crippen molar-refractivity contribution in [2.75, 3.05) is 19.7 Å². The Hall–Kier alpha value is -2.15. The van der Waals surface area contributed by atoms with Crippen LogP contribution in [0, 0.1) is 11.3 Å². The van der Waals surface area contributed by atoms with Crippen LogP contribution in [0.5, 0.6) is 11.5 Å². The number of phenols is 1. The predicted molar refractivity (Wildman–Crippen MR) is 76.3 cm³/mol. The fourth-order valence-corrected chi connectivity index (χ4v) is 3.12. The van der Waals surface area contributed by atoms with Gasteiger partial charge in [-0.05, 0) is 43.9 Å². The molecule has 2 heterocycles. The maximum absolute atomic E-state index is 10.0. The molecule has 0 bridgehead atoms. The number of rotatable bonds is 2. The van der Waals surface area contributed by atoms with Crippen molar-refractivity contribution in [1.29, 1.82) is 5.26 Å². The predicted octanol–water partition coefficient (Wildman–Crippen LogP) is 2.68. The van der Waals surface area contributed by atoms with Gasteiger partial charge in [0.05, 0.1) is 12.2 Å². The fraction of sp³-hybridized carbons (Fsp3) is 0.438. The summed E-state index contributed by atoms with van der Waals surface area (Å²) in [6, 6.07) is 5.93. The van der Waals surface area contributed by atoms with Gasteiger partial charge in [0.25, 0.3) is 0 Å². The second-order valence-electron chi connectivity index (χ2n) is 5.18. The molecule has 0 aromatic heterocycles. The third kappa shape index (κ3) is 2.00. The zero-order chi connectivity index (χ0) is 14.1. The number of nitriles is 1. The van der Waals surface area contributed by atoms with Gasteiger partial charge in [-0.1, -0.05) is 0 Å². The van der Waals surface area contributed by atoms with E-state index in [2.05, 4.69) is 11.0 Å². The minimum Gasteiger partial charge on any atom is -0.504 e. The Labute approximate surface area is 118 Å². The first-order valence-electron chi connectivity index (χ1n) is 7.11. The number of fused-ring (bicyclic) bond motifs is 2. The number of phenolic OH excluding ortho intramolecular Hbond substituents is 1. The van der Waals surface area contributed by atoms with E-state index in [0.717, 1.165) is 54.7 Å². The lowest BCUT2D eigenvalue weighted by Crippen LogP contribution is -2.19. The second-order valence-corrected chi connectivity index (χ2v) is 5.18. The highest BCUT2D eigenvalue weighted by atomic mass is 16.5. The molecule has 1 aromatic rings. The average Bonchev–Trinajstić information content (AvgIpc) is 2.84. The number of benzene rings is 1. The molecule has 0 atom stereocenters. The monoisotopic (exact) mass is 270 g/mol. The molecule has 1 saturated heterocycles. The molecule has 2 aliphatic rings. The van der Waals surface area contributed by atoms with E-state index in [0.29, 0.717) is 12.4 Å². The van der Waals surface area contributed by atoms with Crippen molar-refractivity contribution in [3.05, 3.63) is 29.0 Å². The van der Waals surface area contributed by atoms with Crippen LogP contribution in [-0.2, 0) is 6.42 Å². The lowest BCUT2D eigenvalue weighted by molar-refractivity contribution is 0.317. The van der Waals surface area contributed by atoms with Gasteiger partial charge in [-0.15, -0.1) is 0 Å². The van der Waals surface area contributed by atoms with Crippen LogP contribution in [0.15, 0.2) is 17.8 Å². The molecule has 4 heteroatoms. The Morgan fingerprint density at radius 1 is 1.35 bits per heavy atom. The number of hydrogen-bond acceptors (Lipinski definition) is 4. The molecule has 0 unspecified atom stereocenters. The zero-order valence-electron chi connectivity index (χ0n) is 11.6. The molecule has 104 valence electrons. The summed E-state index contributed by atoms with van der Waals surface area (Å²) in [6.45, 7) is 4.32. The summed E-state index contributed by atoms with van der Waals surface area (Å²) in [5.41, 5.74) is 3.85. The van der Waals surface area contributed by atoms with Crippen molar-refractivity contribution in [3.63, 3.8) is 0 Å². The van der Waals surface area contributed by atoms with E-state index in [1.807, 2.05) is 13.0 Å². The lowest BCUT2D eigenvalue weighted by atomic mass is 9.97. The SMILES string of the molecule is CCOc1cc2c(cc1O)CCN1CCCC1=C2C#N. The minimum absolute atomic E-state index is 0.162. The highest BCUT2D eigenvalue weighted by Gasteiger charge is 2.27. The standard InChI is InChI=1S/C16H18N2O2/c1-2-20-16-9-12-11(8-15(16)19)5-7-18-6-3-4-14(18)13(12)10-17/h8-9,19H,2-7H2,1H3. The number of aromatic hydroxyl groups is 1. The van der Waals surface area contributed by atoms with E-state index < -0.39 is 0 Å². The van der Waals surface area contributed by atoms with Crippen molar-refractivity contribution in [2.45, 2.75) is 26.2 Å². The van der Waals surface area contributed by atoms with Gasteiger partial charge in [0.1, 0.15) is 6.07 Å². The molecule has 1 N–H and O–H groups in total. The van der Waals surface area contributed by atoms with E-state index in [1.54, 1.807) is 6.07 Å². The van der Waals surface area contributed by atoms with Gasteiger partial charge in [0, 0.05) is 24.4 Å². The van der Waals surface area contributed by atoms with Gasteiger partial charge >= 0.3 is 0 Å². The number of hydrogen-bond donors (Lipinski definition) is 1. The summed E-state index contributed by atoms with van der Waals surface area (Å²) in [6.07, 6.45) is 2.93. The van der Waals surface area contributed by atoms with Crippen LogP contribution in [-0.4, -0.2) is 29.7 Å². The Balaban J connectivity index is 2.16. The number of allylic oxidation sites excluding steroid dienone is 2. The van der Waals surface area contributed by atoms with Crippen LogP contribution in [0.2, 0.25) is 0 Å². The topological polar surface area (TPSA) is 56.5 Å². The highest BCUT2D eigenvalue weighted by Crippen LogP contribution is 2.39. The van der Waals surface area contributed by atoms with Crippen LogP contribution >= 0.6 is 0 Å². The van der Waals surface area contributed by atoms with Gasteiger partial charge in [-0.25, -0.2) is 0 Å². The average molecular weight is 270 g/mol. The van der Waals surface area contributed by atoms with Gasteiger partial charge in [0.15, 0.2) is 11.5 Å². The van der Waals surface area contributed by atoms with Gasteiger partial charge in [0.2, 0.25) is 0 Å². The van der Waals surface area contributed by atoms with Crippen molar-refractivity contribution in [1.82, 2.24) is 4.90 Å². The molecule has 0 spiro atoms. The summed E-state index contributed by atoms with van der Waals surface area (Å²) >= 11 is 0. The third-order valence-corrected chi connectivity index (χ3v) is 4.03. The molecule has 1 aromatic carbocycles. The number of nitrogens with zero attached hydrogens (tertiary/aromatic N) is 2. The lowest BCUT2D eigenvalue weighted by Gasteiger charge is -2.17. The van der Waals surface area contributed by atoms with Crippen LogP contribution in [0.3, 0.4) is 0 Å².